The fourth-order valence-electron chi connectivity index (χ4n) is 3.17. The van der Waals surface area contributed by atoms with Crippen LogP contribution in [0.4, 0.5) is 9.18 Å². The van der Waals surface area contributed by atoms with E-state index in [0.29, 0.717) is 12.0 Å². The van der Waals surface area contributed by atoms with Crippen molar-refractivity contribution in [2.24, 2.45) is 0 Å². The first-order valence-electron chi connectivity index (χ1n) is 9.56. The highest BCUT2D eigenvalue weighted by atomic mass is 19.1. The first-order chi connectivity index (χ1) is 13.9. The monoisotopic (exact) mass is 392 g/mol. The maximum atomic E-state index is 13.5. The zero-order valence-electron chi connectivity index (χ0n) is 16.3. The molecular weight excluding hydrogens is 367 g/mol. The Hall–Kier alpha value is -3.18. The number of rotatable bonds is 7. The second-order valence-corrected chi connectivity index (χ2v) is 7.26. The van der Waals surface area contributed by atoms with Crippen molar-refractivity contribution in [3.63, 3.8) is 0 Å². The Labute approximate surface area is 170 Å². The van der Waals surface area contributed by atoms with E-state index in [4.69, 9.17) is 0 Å². The summed E-state index contributed by atoms with van der Waals surface area (Å²) in [5.74, 6) is -0.431. The average Bonchev–Trinajstić information content (AvgIpc) is 2.73. The molecule has 2 atom stereocenters. The summed E-state index contributed by atoms with van der Waals surface area (Å²) < 4.78 is 13.5. The molecule has 0 heterocycles. The summed E-state index contributed by atoms with van der Waals surface area (Å²) in [6.07, 6.45) is 0.637. The van der Waals surface area contributed by atoms with Gasteiger partial charge in [-0.25, -0.2) is 9.18 Å². The average molecular weight is 392 g/mol. The van der Waals surface area contributed by atoms with Crippen LogP contribution in [-0.2, 0) is 12.0 Å². The van der Waals surface area contributed by atoms with Gasteiger partial charge in [-0.1, -0.05) is 72.8 Å². The van der Waals surface area contributed by atoms with Gasteiger partial charge in [0.2, 0.25) is 0 Å². The molecule has 0 saturated carbocycles. The second-order valence-electron chi connectivity index (χ2n) is 7.26. The summed E-state index contributed by atoms with van der Waals surface area (Å²) in [4.78, 5) is 12.6. The Balaban J connectivity index is 1.66. The molecule has 4 nitrogen and oxygen atoms in total. The molecule has 0 aliphatic heterocycles. The third kappa shape index (κ3) is 5.90. The third-order valence-electron chi connectivity index (χ3n) is 4.83. The summed E-state index contributed by atoms with van der Waals surface area (Å²) in [6.45, 7) is 1.50. The Morgan fingerprint density at radius 2 is 1.66 bits per heavy atom. The molecule has 0 aliphatic rings. The standard InChI is InChI=1S/C24H25FN2O2/c1-24(29,20-13-8-14-21(25)16-20)17-26-23(28)27-22(19-11-6-3-7-12-19)15-18-9-4-2-5-10-18/h2-14,16,22,29H,15,17H2,1H3,(H2,26,27,28). The lowest BCUT2D eigenvalue weighted by Gasteiger charge is -2.26. The van der Waals surface area contributed by atoms with Crippen LogP contribution in [0.2, 0.25) is 0 Å². The van der Waals surface area contributed by atoms with Gasteiger partial charge in [0.05, 0.1) is 12.6 Å². The van der Waals surface area contributed by atoms with E-state index >= 15 is 0 Å². The molecule has 3 N–H and O–H groups in total. The Bertz CT molecular complexity index is 930. The van der Waals surface area contributed by atoms with Crippen molar-refractivity contribution in [3.8, 4) is 0 Å². The molecule has 5 heteroatoms. The van der Waals surface area contributed by atoms with Crippen LogP contribution in [0.3, 0.4) is 0 Å². The highest BCUT2D eigenvalue weighted by molar-refractivity contribution is 5.74. The number of hydrogen-bond acceptors (Lipinski definition) is 2. The Morgan fingerprint density at radius 3 is 2.31 bits per heavy atom. The Kier molecular flexibility index (Phi) is 6.62. The van der Waals surface area contributed by atoms with Crippen molar-refractivity contribution < 1.29 is 14.3 Å². The molecule has 0 saturated heterocycles. The van der Waals surface area contributed by atoms with Crippen LogP contribution < -0.4 is 10.6 Å². The number of halogens is 1. The largest absolute Gasteiger partial charge is 0.384 e. The zero-order valence-corrected chi connectivity index (χ0v) is 16.3. The summed E-state index contributed by atoms with van der Waals surface area (Å²) in [5, 5.41) is 16.3. The number of benzene rings is 3. The van der Waals surface area contributed by atoms with Crippen LogP contribution in [0.1, 0.15) is 29.7 Å². The predicted molar refractivity (Wildman–Crippen MR) is 112 cm³/mol. The topological polar surface area (TPSA) is 61.4 Å². The van der Waals surface area contributed by atoms with Crippen molar-refractivity contribution in [1.82, 2.24) is 10.6 Å². The van der Waals surface area contributed by atoms with Gasteiger partial charge in [-0.15, -0.1) is 0 Å². The molecule has 2 unspecified atom stereocenters. The zero-order chi connectivity index (χ0) is 20.7. The number of hydrogen-bond donors (Lipinski definition) is 3. The minimum absolute atomic E-state index is 0.0465. The van der Waals surface area contributed by atoms with Crippen molar-refractivity contribution in [3.05, 3.63) is 107 Å². The van der Waals surface area contributed by atoms with E-state index in [1.165, 1.54) is 18.2 Å². The fourth-order valence-corrected chi connectivity index (χ4v) is 3.17. The van der Waals surface area contributed by atoms with Gasteiger partial charge in [0.15, 0.2) is 0 Å². The molecule has 150 valence electrons. The number of urea groups is 1. The summed E-state index contributed by atoms with van der Waals surface area (Å²) in [7, 11) is 0. The van der Waals surface area contributed by atoms with Gasteiger partial charge >= 0.3 is 6.03 Å². The molecule has 0 aliphatic carbocycles. The van der Waals surface area contributed by atoms with Gasteiger partial charge in [-0.3, -0.25) is 0 Å². The van der Waals surface area contributed by atoms with Gasteiger partial charge in [-0.2, -0.15) is 0 Å². The molecular formula is C24H25FN2O2. The normalized spacial score (nSPS) is 13.9. The third-order valence-corrected chi connectivity index (χ3v) is 4.83. The smallest absolute Gasteiger partial charge is 0.315 e. The van der Waals surface area contributed by atoms with E-state index in [2.05, 4.69) is 10.6 Å². The van der Waals surface area contributed by atoms with E-state index < -0.39 is 17.4 Å². The number of aliphatic hydroxyl groups is 1. The molecule has 0 spiro atoms. The van der Waals surface area contributed by atoms with Crippen LogP contribution in [0.25, 0.3) is 0 Å². The van der Waals surface area contributed by atoms with Crippen molar-refractivity contribution >= 4 is 6.03 Å². The molecule has 2 amide bonds. The molecule has 3 aromatic carbocycles. The van der Waals surface area contributed by atoms with E-state index in [-0.39, 0.29) is 12.6 Å². The first-order valence-corrected chi connectivity index (χ1v) is 9.56. The van der Waals surface area contributed by atoms with Crippen LogP contribution >= 0.6 is 0 Å². The lowest BCUT2D eigenvalue weighted by molar-refractivity contribution is 0.0589. The maximum absolute atomic E-state index is 13.5. The van der Waals surface area contributed by atoms with E-state index in [1.807, 2.05) is 60.7 Å². The van der Waals surface area contributed by atoms with Crippen LogP contribution in [0.5, 0.6) is 0 Å². The molecule has 0 bridgehead atoms. The summed E-state index contributed by atoms with van der Waals surface area (Å²) in [6, 6.07) is 24.8. The van der Waals surface area contributed by atoms with E-state index in [1.54, 1.807) is 13.0 Å². The lowest BCUT2D eigenvalue weighted by atomic mass is 9.96. The number of amides is 2. The predicted octanol–water partition coefficient (Wildman–Crippen LogP) is 4.32. The SMILES string of the molecule is CC(O)(CNC(=O)NC(Cc1ccccc1)c1ccccc1)c1cccc(F)c1. The summed E-state index contributed by atoms with van der Waals surface area (Å²) in [5.41, 5.74) is 1.11. The van der Waals surface area contributed by atoms with Crippen molar-refractivity contribution in [2.45, 2.75) is 25.0 Å². The maximum Gasteiger partial charge on any atom is 0.315 e. The van der Waals surface area contributed by atoms with Crippen LogP contribution in [0.15, 0.2) is 84.9 Å². The molecule has 0 fully saturated rings. The van der Waals surface area contributed by atoms with E-state index in [0.717, 1.165) is 11.1 Å². The van der Waals surface area contributed by atoms with Crippen molar-refractivity contribution in [1.29, 1.82) is 0 Å². The minimum Gasteiger partial charge on any atom is -0.384 e. The molecule has 0 radical (unpaired) electrons. The van der Waals surface area contributed by atoms with Gasteiger partial charge in [-0.05, 0) is 42.2 Å². The van der Waals surface area contributed by atoms with Crippen LogP contribution in [0, 0.1) is 5.82 Å². The number of carbonyl (C=O) groups is 1. The first kappa shape index (κ1) is 20.6. The highest BCUT2D eigenvalue weighted by Crippen LogP contribution is 2.21. The second kappa shape index (κ2) is 9.34. The van der Waals surface area contributed by atoms with Gasteiger partial charge in [0, 0.05) is 0 Å². The minimum atomic E-state index is -1.39. The molecule has 3 rings (SSSR count). The highest BCUT2D eigenvalue weighted by Gasteiger charge is 2.25. The Morgan fingerprint density at radius 1 is 1.00 bits per heavy atom. The fraction of sp³-hybridized carbons (Fsp3) is 0.208. The molecule has 3 aromatic rings. The number of carbonyl (C=O) groups excluding carboxylic acids is 1. The quantitative estimate of drug-likeness (QED) is 0.561. The van der Waals surface area contributed by atoms with Crippen LogP contribution in [-0.4, -0.2) is 17.7 Å². The van der Waals surface area contributed by atoms with Crippen molar-refractivity contribution in [2.75, 3.05) is 6.54 Å². The molecule has 0 aromatic heterocycles. The number of nitrogens with one attached hydrogen (secondary N) is 2. The van der Waals surface area contributed by atoms with Gasteiger partial charge in [0.1, 0.15) is 11.4 Å². The summed E-state index contributed by atoms with van der Waals surface area (Å²) >= 11 is 0. The van der Waals surface area contributed by atoms with Gasteiger partial charge in [0.25, 0.3) is 0 Å². The van der Waals surface area contributed by atoms with E-state index in [9.17, 15) is 14.3 Å². The van der Waals surface area contributed by atoms with Gasteiger partial charge < -0.3 is 15.7 Å². The lowest BCUT2D eigenvalue weighted by Crippen LogP contribution is -2.44. The molecule has 29 heavy (non-hydrogen) atoms.